The molecular weight excluding hydrogens is 419 g/mol. The van der Waals surface area contributed by atoms with E-state index in [9.17, 15) is 17.9 Å². The van der Waals surface area contributed by atoms with Crippen molar-refractivity contribution in [2.45, 2.75) is 17.7 Å². The normalized spacial score (nSPS) is 14.7. The molecule has 4 rings (SSSR count). The molecule has 1 fully saturated rings. The molecule has 2 heterocycles. The van der Waals surface area contributed by atoms with Gasteiger partial charge in [0.25, 0.3) is 0 Å². The first-order valence-corrected chi connectivity index (χ1v) is 11.5. The Morgan fingerprint density at radius 2 is 1.65 bits per heavy atom. The van der Waals surface area contributed by atoms with E-state index in [0.29, 0.717) is 23.5 Å². The van der Waals surface area contributed by atoms with E-state index in [1.165, 1.54) is 18.3 Å². The summed E-state index contributed by atoms with van der Waals surface area (Å²) in [5, 5.41) is 9.43. The average molecular weight is 443 g/mol. The summed E-state index contributed by atoms with van der Waals surface area (Å²) in [7, 11) is -3.95. The molecule has 2 N–H and O–H groups in total. The molecule has 0 spiro atoms. The number of aromatic hydroxyl groups is 1. The van der Waals surface area contributed by atoms with E-state index >= 15 is 0 Å². The number of phenols is 1. The van der Waals surface area contributed by atoms with Crippen LogP contribution in [0.2, 0.25) is 0 Å². The Bertz CT molecular complexity index is 1160. The van der Waals surface area contributed by atoms with Crippen LogP contribution in [-0.4, -0.2) is 54.6 Å². The SMILES string of the molecule is O=S(=O)(NCCN1CCCC1)c1ccc(-c2cncc(-c3ccc(O)cc3)n2)cc1F. The van der Waals surface area contributed by atoms with Crippen LogP contribution in [0.1, 0.15) is 12.8 Å². The zero-order chi connectivity index (χ0) is 21.8. The molecule has 7 nitrogen and oxygen atoms in total. The molecule has 0 radical (unpaired) electrons. The summed E-state index contributed by atoms with van der Waals surface area (Å²) in [5.41, 5.74) is 2.13. The van der Waals surface area contributed by atoms with Gasteiger partial charge in [0, 0.05) is 24.2 Å². The van der Waals surface area contributed by atoms with E-state index in [1.54, 1.807) is 30.5 Å². The number of hydrogen-bond acceptors (Lipinski definition) is 6. The van der Waals surface area contributed by atoms with Gasteiger partial charge in [0.2, 0.25) is 10.0 Å². The highest BCUT2D eigenvalue weighted by Crippen LogP contribution is 2.25. The Morgan fingerprint density at radius 3 is 2.32 bits per heavy atom. The first-order chi connectivity index (χ1) is 14.9. The molecule has 1 aliphatic rings. The number of hydrogen-bond donors (Lipinski definition) is 2. The summed E-state index contributed by atoms with van der Waals surface area (Å²) in [6.07, 6.45) is 5.30. The van der Waals surface area contributed by atoms with Crippen LogP contribution in [0, 0.1) is 5.82 Å². The number of sulfonamides is 1. The molecule has 0 bridgehead atoms. The smallest absolute Gasteiger partial charge is 0.243 e. The number of benzene rings is 2. The van der Waals surface area contributed by atoms with Crippen LogP contribution in [0.15, 0.2) is 59.8 Å². The van der Waals surface area contributed by atoms with E-state index in [-0.39, 0.29) is 17.2 Å². The standard InChI is InChI=1S/C22H23FN4O3S/c23-19-13-17(21-15-24-14-20(26-21)16-3-6-18(28)7-4-16)5-8-22(19)31(29,30)25-9-12-27-10-1-2-11-27/h3-8,13-15,25,28H,1-2,9-12H2. The van der Waals surface area contributed by atoms with E-state index in [0.717, 1.165) is 37.6 Å². The highest BCUT2D eigenvalue weighted by Gasteiger charge is 2.20. The Morgan fingerprint density at radius 1 is 1.00 bits per heavy atom. The van der Waals surface area contributed by atoms with Crippen LogP contribution < -0.4 is 4.72 Å². The number of nitrogens with zero attached hydrogens (tertiary/aromatic N) is 3. The number of nitrogens with one attached hydrogen (secondary N) is 1. The van der Waals surface area contributed by atoms with Crippen LogP contribution in [0.4, 0.5) is 4.39 Å². The summed E-state index contributed by atoms with van der Waals surface area (Å²) >= 11 is 0. The number of rotatable bonds is 7. The Balaban J connectivity index is 1.51. The van der Waals surface area contributed by atoms with Crippen molar-refractivity contribution >= 4 is 10.0 Å². The molecule has 0 atom stereocenters. The molecule has 0 aliphatic carbocycles. The van der Waals surface area contributed by atoms with Crippen molar-refractivity contribution in [2.75, 3.05) is 26.2 Å². The van der Waals surface area contributed by atoms with Crippen LogP contribution in [0.3, 0.4) is 0 Å². The van der Waals surface area contributed by atoms with Gasteiger partial charge in [-0.3, -0.25) is 4.98 Å². The van der Waals surface area contributed by atoms with Crippen LogP contribution in [0.5, 0.6) is 5.75 Å². The van der Waals surface area contributed by atoms with Gasteiger partial charge in [-0.1, -0.05) is 6.07 Å². The predicted octanol–water partition coefficient (Wildman–Crippen LogP) is 3.03. The minimum atomic E-state index is -3.95. The minimum Gasteiger partial charge on any atom is -0.508 e. The highest BCUT2D eigenvalue weighted by molar-refractivity contribution is 7.89. The number of aromatic nitrogens is 2. The minimum absolute atomic E-state index is 0.140. The van der Waals surface area contributed by atoms with E-state index in [4.69, 9.17) is 0 Å². The second kappa shape index (κ2) is 9.09. The quantitative estimate of drug-likeness (QED) is 0.584. The summed E-state index contributed by atoms with van der Waals surface area (Å²) in [4.78, 5) is 10.4. The van der Waals surface area contributed by atoms with Gasteiger partial charge in [0.1, 0.15) is 16.5 Å². The van der Waals surface area contributed by atoms with Gasteiger partial charge < -0.3 is 10.0 Å². The molecule has 1 aromatic heterocycles. The third-order valence-corrected chi connectivity index (χ3v) is 6.73. The lowest BCUT2D eigenvalue weighted by molar-refractivity contribution is 0.344. The molecule has 0 saturated carbocycles. The molecule has 1 saturated heterocycles. The van der Waals surface area contributed by atoms with Crippen molar-refractivity contribution in [1.82, 2.24) is 19.6 Å². The monoisotopic (exact) mass is 442 g/mol. The Hall–Kier alpha value is -2.88. The van der Waals surface area contributed by atoms with E-state index < -0.39 is 15.8 Å². The third kappa shape index (κ3) is 5.07. The second-order valence-corrected chi connectivity index (χ2v) is 9.16. The maximum absolute atomic E-state index is 14.7. The third-order valence-electron chi connectivity index (χ3n) is 5.23. The lowest BCUT2D eigenvalue weighted by Gasteiger charge is -2.15. The molecule has 31 heavy (non-hydrogen) atoms. The fraction of sp³-hybridized carbons (Fsp3) is 0.273. The molecule has 0 unspecified atom stereocenters. The summed E-state index contributed by atoms with van der Waals surface area (Å²) in [6.45, 7) is 2.78. The second-order valence-electron chi connectivity index (χ2n) is 7.43. The number of phenolic OH excluding ortho intramolecular Hbond substituents is 1. The Labute approximate surface area is 180 Å². The Kier molecular flexibility index (Phi) is 6.26. The topological polar surface area (TPSA) is 95.4 Å². The molecule has 9 heteroatoms. The van der Waals surface area contributed by atoms with Gasteiger partial charge in [-0.2, -0.15) is 0 Å². The molecular formula is C22H23FN4O3S. The molecule has 2 aromatic carbocycles. The van der Waals surface area contributed by atoms with Crippen molar-refractivity contribution in [3.05, 3.63) is 60.7 Å². The van der Waals surface area contributed by atoms with E-state index in [1.807, 2.05) is 0 Å². The number of halogens is 1. The first-order valence-electron chi connectivity index (χ1n) is 10.1. The van der Waals surface area contributed by atoms with E-state index in [2.05, 4.69) is 19.6 Å². The van der Waals surface area contributed by atoms with Gasteiger partial charge in [0.15, 0.2) is 0 Å². The van der Waals surface area contributed by atoms with Gasteiger partial charge in [-0.15, -0.1) is 0 Å². The van der Waals surface area contributed by atoms with Gasteiger partial charge in [-0.05, 0) is 62.3 Å². The first kappa shape index (κ1) is 21.4. The van der Waals surface area contributed by atoms with Gasteiger partial charge in [0.05, 0.1) is 23.8 Å². The summed E-state index contributed by atoms with van der Waals surface area (Å²) in [6, 6.07) is 10.4. The maximum Gasteiger partial charge on any atom is 0.243 e. The van der Waals surface area contributed by atoms with Crippen LogP contribution in [0.25, 0.3) is 22.5 Å². The molecule has 162 valence electrons. The van der Waals surface area contributed by atoms with Crippen molar-refractivity contribution < 1.29 is 17.9 Å². The van der Waals surface area contributed by atoms with Crippen LogP contribution in [-0.2, 0) is 10.0 Å². The predicted molar refractivity (Wildman–Crippen MR) is 115 cm³/mol. The van der Waals surface area contributed by atoms with Crippen molar-refractivity contribution in [2.24, 2.45) is 0 Å². The zero-order valence-electron chi connectivity index (χ0n) is 16.8. The van der Waals surface area contributed by atoms with Gasteiger partial charge in [-0.25, -0.2) is 22.5 Å². The summed E-state index contributed by atoms with van der Waals surface area (Å²) in [5.74, 6) is -0.705. The molecule has 1 aliphatic heterocycles. The maximum atomic E-state index is 14.7. The highest BCUT2D eigenvalue weighted by atomic mass is 32.2. The average Bonchev–Trinajstić information content (AvgIpc) is 3.27. The lowest BCUT2D eigenvalue weighted by atomic mass is 10.1. The van der Waals surface area contributed by atoms with Crippen molar-refractivity contribution in [1.29, 1.82) is 0 Å². The van der Waals surface area contributed by atoms with Crippen molar-refractivity contribution in [3.63, 3.8) is 0 Å². The number of likely N-dealkylation sites (tertiary alicyclic amines) is 1. The largest absolute Gasteiger partial charge is 0.508 e. The van der Waals surface area contributed by atoms with Gasteiger partial charge >= 0.3 is 0 Å². The zero-order valence-corrected chi connectivity index (χ0v) is 17.6. The lowest BCUT2D eigenvalue weighted by Crippen LogP contribution is -2.33. The molecule has 0 amide bonds. The molecule has 3 aromatic rings. The fourth-order valence-corrected chi connectivity index (χ4v) is 4.65. The van der Waals surface area contributed by atoms with Crippen LogP contribution >= 0.6 is 0 Å². The van der Waals surface area contributed by atoms with Crippen molar-refractivity contribution in [3.8, 4) is 28.3 Å². The fourth-order valence-electron chi connectivity index (χ4n) is 3.58. The summed E-state index contributed by atoms with van der Waals surface area (Å²) < 4.78 is 42.2.